The fourth-order valence-electron chi connectivity index (χ4n) is 1.93. The molecule has 98 valence electrons. The second-order valence-electron chi connectivity index (χ2n) is 4.42. The average Bonchev–Trinajstić information content (AvgIpc) is 2.80. The summed E-state index contributed by atoms with van der Waals surface area (Å²) in [5, 5.41) is 10.5. The van der Waals surface area contributed by atoms with Crippen molar-refractivity contribution in [3.8, 4) is 6.07 Å². The van der Waals surface area contributed by atoms with Gasteiger partial charge in [-0.15, -0.1) is 0 Å². The number of nitriles is 1. The molecule has 0 aliphatic rings. The summed E-state index contributed by atoms with van der Waals surface area (Å²) in [6.45, 7) is 2.04. The van der Waals surface area contributed by atoms with E-state index in [1.165, 1.54) is 17.3 Å². The van der Waals surface area contributed by atoms with Crippen LogP contribution in [0.15, 0.2) is 46.5 Å². The van der Waals surface area contributed by atoms with Crippen molar-refractivity contribution in [3.63, 3.8) is 0 Å². The van der Waals surface area contributed by atoms with Crippen molar-refractivity contribution in [3.05, 3.63) is 52.5 Å². The van der Waals surface area contributed by atoms with Gasteiger partial charge in [-0.1, -0.05) is 29.4 Å². The Morgan fingerprint density at radius 3 is 2.90 bits per heavy atom. The quantitative estimate of drug-likeness (QED) is 0.755. The number of aromatic nitrogens is 2. The molecule has 3 nitrogen and oxygen atoms in total. The lowest BCUT2D eigenvalue weighted by atomic mass is 10.2. The van der Waals surface area contributed by atoms with Crippen LogP contribution in [-0.2, 0) is 0 Å². The van der Waals surface area contributed by atoms with E-state index in [0.29, 0.717) is 10.6 Å². The van der Waals surface area contributed by atoms with Crippen LogP contribution < -0.4 is 0 Å². The molecule has 1 heterocycles. The minimum Gasteiger partial charge on any atom is -0.333 e. The Bertz CT molecular complexity index is 833. The molecule has 0 aliphatic carbocycles. The van der Waals surface area contributed by atoms with Crippen LogP contribution in [0.3, 0.4) is 0 Å². The summed E-state index contributed by atoms with van der Waals surface area (Å²) < 4.78 is 0. The van der Waals surface area contributed by atoms with Gasteiger partial charge in [0.2, 0.25) is 0 Å². The number of nitrogens with one attached hydrogen (secondary N) is 1. The third-order valence-electron chi connectivity index (χ3n) is 2.89. The Hall–Kier alpha value is -1.96. The third-order valence-corrected chi connectivity index (χ3v) is 4.07. The van der Waals surface area contributed by atoms with Crippen molar-refractivity contribution < 1.29 is 0 Å². The average molecular weight is 300 g/mol. The first-order valence-electron chi connectivity index (χ1n) is 5.99. The molecule has 0 amide bonds. The molecule has 3 aromatic rings. The van der Waals surface area contributed by atoms with E-state index in [0.717, 1.165) is 21.1 Å². The zero-order valence-electron chi connectivity index (χ0n) is 10.6. The summed E-state index contributed by atoms with van der Waals surface area (Å²) in [6.07, 6.45) is 0. The second-order valence-corrected chi connectivity index (χ2v) is 5.88. The van der Waals surface area contributed by atoms with E-state index < -0.39 is 0 Å². The van der Waals surface area contributed by atoms with Crippen LogP contribution in [0.4, 0.5) is 0 Å². The number of imidazole rings is 1. The highest BCUT2D eigenvalue weighted by atomic mass is 35.5. The zero-order valence-corrected chi connectivity index (χ0v) is 12.2. The minimum absolute atomic E-state index is 0.594. The molecule has 0 radical (unpaired) electrons. The summed E-state index contributed by atoms with van der Waals surface area (Å²) in [6, 6.07) is 13.4. The van der Waals surface area contributed by atoms with Gasteiger partial charge in [0.25, 0.3) is 0 Å². The predicted octanol–water partition coefficient (Wildman–Crippen LogP) is 4.55. The molecule has 0 aliphatic heterocycles. The molecule has 5 heteroatoms. The fourth-order valence-corrected chi connectivity index (χ4v) is 3.09. The van der Waals surface area contributed by atoms with Gasteiger partial charge in [-0.2, -0.15) is 5.26 Å². The molecular weight excluding hydrogens is 290 g/mol. The Labute approximate surface area is 125 Å². The van der Waals surface area contributed by atoms with Gasteiger partial charge in [0, 0.05) is 9.92 Å². The summed E-state index contributed by atoms with van der Waals surface area (Å²) in [5.41, 5.74) is 3.68. The topological polar surface area (TPSA) is 52.5 Å². The van der Waals surface area contributed by atoms with Crippen LogP contribution in [0.1, 0.15) is 11.1 Å². The van der Waals surface area contributed by atoms with Gasteiger partial charge in [0.05, 0.1) is 16.6 Å². The molecule has 20 heavy (non-hydrogen) atoms. The smallest absolute Gasteiger partial charge is 0.171 e. The van der Waals surface area contributed by atoms with Crippen LogP contribution in [-0.4, -0.2) is 9.97 Å². The normalized spacial score (nSPS) is 10.7. The van der Waals surface area contributed by atoms with E-state index in [9.17, 15) is 0 Å². The maximum atomic E-state index is 9.13. The number of H-pyrrole nitrogens is 1. The van der Waals surface area contributed by atoms with Crippen molar-refractivity contribution in [2.45, 2.75) is 17.0 Å². The van der Waals surface area contributed by atoms with Gasteiger partial charge in [-0.3, -0.25) is 0 Å². The third kappa shape index (κ3) is 2.51. The standard InChI is InChI=1S/C15H10ClN3S/c1-9-2-5-12-13(6-9)19-15(18-12)20-14-7-11(16)4-3-10(14)8-17/h2-7H,1H3,(H,18,19). The molecule has 0 spiro atoms. The largest absolute Gasteiger partial charge is 0.333 e. The fraction of sp³-hybridized carbons (Fsp3) is 0.0667. The van der Waals surface area contributed by atoms with Crippen molar-refractivity contribution >= 4 is 34.4 Å². The molecule has 1 N–H and O–H groups in total. The number of hydrogen-bond donors (Lipinski definition) is 1. The van der Waals surface area contributed by atoms with Crippen LogP contribution in [0, 0.1) is 18.3 Å². The van der Waals surface area contributed by atoms with Gasteiger partial charge in [0.15, 0.2) is 5.16 Å². The number of nitrogens with zero attached hydrogens (tertiary/aromatic N) is 2. The Balaban J connectivity index is 2.01. The lowest BCUT2D eigenvalue weighted by Gasteiger charge is -2.01. The number of halogens is 1. The number of aryl methyl sites for hydroxylation is 1. The monoisotopic (exact) mass is 299 g/mol. The van der Waals surface area contributed by atoms with Gasteiger partial charge in [0.1, 0.15) is 6.07 Å². The summed E-state index contributed by atoms with van der Waals surface area (Å²) in [5.74, 6) is 0. The van der Waals surface area contributed by atoms with E-state index in [1.54, 1.807) is 18.2 Å². The lowest BCUT2D eigenvalue weighted by Crippen LogP contribution is -1.82. The molecule has 0 bridgehead atoms. The van der Waals surface area contributed by atoms with Crippen molar-refractivity contribution in [2.75, 3.05) is 0 Å². The summed E-state index contributed by atoms with van der Waals surface area (Å²) in [4.78, 5) is 8.57. The molecule has 1 aromatic heterocycles. The van der Waals surface area contributed by atoms with Crippen LogP contribution in [0.5, 0.6) is 0 Å². The number of fused-ring (bicyclic) bond motifs is 1. The van der Waals surface area contributed by atoms with E-state index in [1.807, 2.05) is 19.1 Å². The van der Waals surface area contributed by atoms with E-state index in [4.69, 9.17) is 16.9 Å². The first-order chi connectivity index (χ1) is 9.65. The SMILES string of the molecule is Cc1ccc2nc(Sc3cc(Cl)ccc3C#N)[nH]c2c1. The van der Waals surface area contributed by atoms with Crippen LogP contribution in [0.2, 0.25) is 5.02 Å². The highest BCUT2D eigenvalue weighted by molar-refractivity contribution is 7.99. The summed E-state index contributed by atoms with van der Waals surface area (Å²) >= 11 is 7.40. The first kappa shape index (κ1) is 13.0. The molecule has 0 atom stereocenters. The molecule has 2 aromatic carbocycles. The van der Waals surface area contributed by atoms with Crippen LogP contribution >= 0.6 is 23.4 Å². The molecule has 0 saturated heterocycles. The van der Waals surface area contributed by atoms with E-state index in [-0.39, 0.29) is 0 Å². The van der Waals surface area contributed by atoms with Crippen molar-refractivity contribution in [2.24, 2.45) is 0 Å². The number of hydrogen-bond acceptors (Lipinski definition) is 3. The molecule has 3 rings (SSSR count). The molecule has 0 saturated carbocycles. The highest BCUT2D eigenvalue weighted by Crippen LogP contribution is 2.31. The van der Waals surface area contributed by atoms with Gasteiger partial charge in [-0.05, 0) is 42.8 Å². The molecule has 0 unspecified atom stereocenters. The van der Waals surface area contributed by atoms with Gasteiger partial charge < -0.3 is 4.98 Å². The Morgan fingerprint density at radius 2 is 2.10 bits per heavy atom. The van der Waals surface area contributed by atoms with Crippen molar-refractivity contribution in [1.82, 2.24) is 9.97 Å². The van der Waals surface area contributed by atoms with Gasteiger partial charge >= 0.3 is 0 Å². The van der Waals surface area contributed by atoms with Crippen LogP contribution in [0.25, 0.3) is 11.0 Å². The van der Waals surface area contributed by atoms with E-state index in [2.05, 4.69) is 22.1 Å². The predicted molar refractivity (Wildman–Crippen MR) is 81.1 cm³/mol. The second kappa shape index (κ2) is 5.20. The zero-order chi connectivity index (χ0) is 14.1. The number of benzene rings is 2. The molecule has 0 fully saturated rings. The van der Waals surface area contributed by atoms with Crippen molar-refractivity contribution in [1.29, 1.82) is 5.26 Å². The number of aromatic amines is 1. The lowest BCUT2D eigenvalue weighted by molar-refractivity contribution is 1.08. The maximum Gasteiger partial charge on any atom is 0.171 e. The molecular formula is C15H10ClN3S. The van der Waals surface area contributed by atoms with Gasteiger partial charge in [-0.25, -0.2) is 4.98 Å². The van der Waals surface area contributed by atoms with E-state index >= 15 is 0 Å². The minimum atomic E-state index is 0.594. The number of rotatable bonds is 2. The summed E-state index contributed by atoms with van der Waals surface area (Å²) in [7, 11) is 0. The first-order valence-corrected chi connectivity index (χ1v) is 7.19. The maximum absolute atomic E-state index is 9.13. The Morgan fingerprint density at radius 1 is 1.25 bits per heavy atom. The Kier molecular flexibility index (Phi) is 3.39. The highest BCUT2D eigenvalue weighted by Gasteiger charge is 2.09.